The van der Waals surface area contributed by atoms with Crippen molar-refractivity contribution in [2.45, 2.75) is 25.8 Å². The van der Waals surface area contributed by atoms with Crippen molar-refractivity contribution in [2.75, 3.05) is 20.3 Å². The highest BCUT2D eigenvalue weighted by Crippen LogP contribution is 2.36. The first kappa shape index (κ1) is 21.0. The van der Waals surface area contributed by atoms with E-state index in [9.17, 15) is 9.18 Å². The van der Waals surface area contributed by atoms with Gasteiger partial charge >= 0.3 is 0 Å². The van der Waals surface area contributed by atoms with Crippen LogP contribution in [0.2, 0.25) is 5.02 Å². The number of amides is 1. The highest BCUT2D eigenvalue weighted by Gasteiger charge is 2.23. The van der Waals surface area contributed by atoms with Crippen molar-refractivity contribution < 1.29 is 18.7 Å². The van der Waals surface area contributed by atoms with Gasteiger partial charge in [0.1, 0.15) is 5.82 Å². The Hall–Kier alpha value is -2.31. The molecule has 0 unspecified atom stereocenters. The summed E-state index contributed by atoms with van der Waals surface area (Å²) in [6.45, 7) is 4.74. The van der Waals surface area contributed by atoms with Crippen molar-refractivity contribution in [1.82, 2.24) is 5.32 Å². The summed E-state index contributed by atoms with van der Waals surface area (Å²) in [6, 6.07) is 10.3. The second-order valence-electron chi connectivity index (χ2n) is 6.83. The molecular weight excluding hydrogens is 371 g/mol. The van der Waals surface area contributed by atoms with Crippen LogP contribution in [0.25, 0.3) is 0 Å². The third kappa shape index (κ3) is 5.58. The van der Waals surface area contributed by atoms with E-state index in [-0.39, 0.29) is 23.6 Å². The molecule has 7 heteroatoms. The van der Waals surface area contributed by atoms with Gasteiger partial charge in [-0.3, -0.25) is 4.79 Å². The zero-order chi connectivity index (χ0) is 20.0. The predicted octanol–water partition coefficient (Wildman–Crippen LogP) is 3.42. The summed E-state index contributed by atoms with van der Waals surface area (Å²) in [7, 11) is 1.49. The Balaban J connectivity index is 2.06. The van der Waals surface area contributed by atoms with E-state index in [1.54, 1.807) is 24.3 Å². The van der Waals surface area contributed by atoms with E-state index in [4.69, 9.17) is 26.8 Å². The fraction of sp³-hybridized carbons (Fsp3) is 0.350. The molecule has 1 amide bonds. The Kier molecular flexibility index (Phi) is 7.05. The molecule has 0 heterocycles. The molecule has 0 spiro atoms. The Morgan fingerprint density at radius 2 is 2.00 bits per heavy atom. The van der Waals surface area contributed by atoms with Gasteiger partial charge in [-0.05, 0) is 29.3 Å². The minimum atomic E-state index is -0.603. The molecule has 3 N–H and O–H groups in total. The fourth-order valence-electron chi connectivity index (χ4n) is 2.78. The van der Waals surface area contributed by atoms with Crippen LogP contribution in [0.1, 0.15) is 25.0 Å². The molecule has 0 aliphatic carbocycles. The summed E-state index contributed by atoms with van der Waals surface area (Å²) in [5.41, 5.74) is 6.23. The molecule has 0 bridgehead atoms. The van der Waals surface area contributed by atoms with Crippen LogP contribution in [0, 0.1) is 5.82 Å². The van der Waals surface area contributed by atoms with Gasteiger partial charge in [0.15, 0.2) is 18.1 Å². The standard InChI is InChI=1S/C20H24ClFN2O3/c1-20(2,14-6-4-5-7-16(14)22)12-24-10-13-8-15(21)19(17(9-13)26-3)27-11-18(23)25/h4-9,24H,10-12H2,1-3H3,(H2,23,25). The SMILES string of the molecule is COc1cc(CNCC(C)(C)c2ccccc2F)cc(Cl)c1OCC(N)=O. The number of primary amides is 1. The number of halogens is 2. The molecule has 27 heavy (non-hydrogen) atoms. The van der Waals surface area contributed by atoms with Gasteiger partial charge in [0, 0.05) is 18.5 Å². The lowest BCUT2D eigenvalue weighted by molar-refractivity contribution is -0.119. The maximum absolute atomic E-state index is 14.1. The minimum Gasteiger partial charge on any atom is -0.493 e. The highest BCUT2D eigenvalue weighted by molar-refractivity contribution is 6.32. The van der Waals surface area contributed by atoms with Gasteiger partial charge in [-0.15, -0.1) is 0 Å². The van der Waals surface area contributed by atoms with Crippen molar-refractivity contribution in [3.05, 3.63) is 58.4 Å². The Morgan fingerprint density at radius 1 is 1.30 bits per heavy atom. The smallest absolute Gasteiger partial charge is 0.255 e. The number of nitrogens with two attached hydrogens (primary N) is 1. The molecule has 2 aromatic carbocycles. The average Bonchev–Trinajstić information content (AvgIpc) is 2.60. The summed E-state index contributed by atoms with van der Waals surface area (Å²) in [5, 5.41) is 3.64. The molecule has 0 radical (unpaired) electrons. The lowest BCUT2D eigenvalue weighted by atomic mass is 9.84. The van der Waals surface area contributed by atoms with E-state index < -0.39 is 5.91 Å². The van der Waals surface area contributed by atoms with Gasteiger partial charge in [-0.25, -0.2) is 4.39 Å². The van der Waals surface area contributed by atoms with Crippen molar-refractivity contribution in [3.8, 4) is 11.5 Å². The van der Waals surface area contributed by atoms with Crippen LogP contribution in [-0.2, 0) is 16.8 Å². The third-order valence-corrected chi connectivity index (χ3v) is 4.43. The van der Waals surface area contributed by atoms with E-state index >= 15 is 0 Å². The number of carbonyl (C=O) groups is 1. The zero-order valence-electron chi connectivity index (χ0n) is 15.6. The molecule has 0 aliphatic rings. The second kappa shape index (κ2) is 9.06. The van der Waals surface area contributed by atoms with Gasteiger partial charge < -0.3 is 20.5 Å². The summed E-state index contributed by atoms with van der Waals surface area (Å²) < 4.78 is 24.7. The molecule has 146 valence electrons. The quantitative estimate of drug-likeness (QED) is 0.683. The summed E-state index contributed by atoms with van der Waals surface area (Å²) in [4.78, 5) is 10.9. The Bertz CT molecular complexity index is 812. The van der Waals surface area contributed by atoms with E-state index in [2.05, 4.69) is 5.32 Å². The first-order valence-electron chi connectivity index (χ1n) is 8.48. The van der Waals surface area contributed by atoms with Crippen LogP contribution >= 0.6 is 11.6 Å². The minimum absolute atomic E-state index is 0.218. The second-order valence-corrected chi connectivity index (χ2v) is 7.24. The van der Waals surface area contributed by atoms with Crippen LogP contribution in [0.3, 0.4) is 0 Å². The van der Waals surface area contributed by atoms with Gasteiger partial charge in [0.2, 0.25) is 0 Å². The molecule has 2 aromatic rings. The van der Waals surface area contributed by atoms with Crippen molar-refractivity contribution >= 4 is 17.5 Å². The maximum Gasteiger partial charge on any atom is 0.255 e. The highest BCUT2D eigenvalue weighted by atomic mass is 35.5. The van der Waals surface area contributed by atoms with Crippen LogP contribution in [0.15, 0.2) is 36.4 Å². The molecule has 0 fully saturated rings. The lowest BCUT2D eigenvalue weighted by Crippen LogP contribution is -2.33. The summed E-state index contributed by atoms with van der Waals surface area (Å²) >= 11 is 6.25. The van der Waals surface area contributed by atoms with Crippen molar-refractivity contribution in [1.29, 1.82) is 0 Å². The van der Waals surface area contributed by atoms with E-state index in [0.29, 0.717) is 29.4 Å². The zero-order valence-corrected chi connectivity index (χ0v) is 16.4. The number of hydrogen-bond acceptors (Lipinski definition) is 4. The van der Waals surface area contributed by atoms with Crippen LogP contribution in [-0.4, -0.2) is 26.2 Å². The number of methoxy groups -OCH3 is 1. The number of hydrogen-bond donors (Lipinski definition) is 2. The van der Waals surface area contributed by atoms with Gasteiger partial charge in [0.25, 0.3) is 5.91 Å². The number of ether oxygens (including phenoxy) is 2. The van der Waals surface area contributed by atoms with Crippen LogP contribution < -0.4 is 20.5 Å². The normalized spacial score (nSPS) is 11.3. The summed E-state index contributed by atoms with van der Waals surface area (Å²) in [5.74, 6) is -0.137. The first-order valence-corrected chi connectivity index (χ1v) is 8.85. The Morgan fingerprint density at radius 3 is 2.63 bits per heavy atom. The molecule has 0 saturated heterocycles. The number of benzene rings is 2. The Labute approximate surface area is 163 Å². The average molecular weight is 395 g/mol. The van der Waals surface area contributed by atoms with Crippen molar-refractivity contribution in [3.63, 3.8) is 0 Å². The van der Waals surface area contributed by atoms with Crippen LogP contribution in [0.5, 0.6) is 11.5 Å². The van der Waals surface area contributed by atoms with Gasteiger partial charge in [-0.1, -0.05) is 43.6 Å². The molecular formula is C20H24ClFN2O3. The number of nitrogens with one attached hydrogen (secondary N) is 1. The van der Waals surface area contributed by atoms with Crippen molar-refractivity contribution in [2.24, 2.45) is 5.73 Å². The molecule has 0 atom stereocenters. The number of carbonyl (C=O) groups excluding carboxylic acids is 1. The monoisotopic (exact) mass is 394 g/mol. The summed E-state index contributed by atoms with van der Waals surface area (Å²) in [6.07, 6.45) is 0. The first-order chi connectivity index (χ1) is 12.7. The molecule has 0 aliphatic heterocycles. The predicted molar refractivity (Wildman–Crippen MR) is 104 cm³/mol. The lowest BCUT2D eigenvalue weighted by Gasteiger charge is -2.26. The maximum atomic E-state index is 14.1. The molecule has 2 rings (SSSR count). The van der Waals surface area contributed by atoms with Crippen LogP contribution in [0.4, 0.5) is 4.39 Å². The third-order valence-electron chi connectivity index (χ3n) is 4.15. The molecule has 5 nitrogen and oxygen atoms in total. The topological polar surface area (TPSA) is 73.6 Å². The molecule has 0 saturated carbocycles. The van der Waals surface area contributed by atoms with Gasteiger partial charge in [0.05, 0.1) is 12.1 Å². The molecule has 0 aromatic heterocycles. The fourth-order valence-corrected chi connectivity index (χ4v) is 3.07. The largest absolute Gasteiger partial charge is 0.493 e. The van der Waals surface area contributed by atoms with E-state index in [1.165, 1.54) is 13.2 Å². The van der Waals surface area contributed by atoms with E-state index in [0.717, 1.165) is 5.56 Å². The van der Waals surface area contributed by atoms with E-state index in [1.807, 2.05) is 19.9 Å². The number of rotatable bonds is 9. The van der Waals surface area contributed by atoms with Gasteiger partial charge in [-0.2, -0.15) is 0 Å².